The predicted molar refractivity (Wildman–Crippen MR) is 61.7 cm³/mol. The fraction of sp³-hybridized carbons (Fsp3) is 0.100. The second-order valence-electron chi connectivity index (χ2n) is 3.32. The van der Waals surface area contributed by atoms with Crippen LogP contribution in [0.15, 0.2) is 24.5 Å². The molecule has 0 fully saturated rings. The Morgan fingerprint density at radius 1 is 1.41 bits per heavy atom. The topological polar surface area (TPSA) is 81.8 Å². The van der Waals surface area contributed by atoms with Crippen molar-refractivity contribution < 1.29 is 4.92 Å². The van der Waals surface area contributed by atoms with Gasteiger partial charge in [0.05, 0.1) is 4.92 Å². The molecule has 0 saturated carbocycles. The third-order valence-corrected chi connectivity index (χ3v) is 2.29. The zero-order valence-corrected chi connectivity index (χ0v) is 9.55. The standard InChI is InChI=1S/C10H7ClN4O2/c1-6-4-7(2-3-12-6)9-8(15(16)17)5-13-10(11)14-9/h2-5H,1H3. The van der Waals surface area contributed by atoms with Crippen LogP contribution in [0.3, 0.4) is 0 Å². The normalized spacial score (nSPS) is 10.2. The molecule has 2 rings (SSSR count). The van der Waals surface area contributed by atoms with Crippen LogP contribution < -0.4 is 0 Å². The zero-order valence-electron chi connectivity index (χ0n) is 8.79. The van der Waals surface area contributed by atoms with Gasteiger partial charge in [0.25, 0.3) is 0 Å². The molecule has 0 aliphatic heterocycles. The lowest BCUT2D eigenvalue weighted by Gasteiger charge is -2.02. The molecule has 0 atom stereocenters. The average molecular weight is 251 g/mol. The van der Waals surface area contributed by atoms with E-state index < -0.39 is 4.92 Å². The highest BCUT2D eigenvalue weighted by atomic mass is 35.5. The van der Waals surface area contributed by atoms with Crippen molar-refractivity contribution in [2.75, 3.05) is 0 Å². The minimum absolute atomic E-state index is 0.0277. The molecule has 6 nitrogen and oxygen atoms in total. The van der Waals surface area contributed by atoms with E-state index in [4.69, 9.17) is 11.6 Å². The van der Waals surface area contributed by atoms with Crippen LogP contribution in [0.25, 0.3) is 11.3 Å². The maximum absolute atomic E-state index is 10.9. The van der Waals surface area contributed by atoms with E-state index in [2.05, 4.69) is 15.0 Å². The van der Waals surface area contributed by atoms with Crippen molar-refractivity contribution in [3.05, 3.63) is 45.6 Å². The first-order chi connectivity index (χ1) is 8.08. The number of pyridine rings is 1. The van der Waals surface area contributed by atoms with Crippen LogP contribution >= 0.6 is 11.6 Å². The summed E-state index contributed by atoms with van der Waals surface area (Å²) in [6.07, 6.45) is 2.66. The highest BCUT2D eigenvalue weighted by Crippen LogP contribution is 2.27. The Bertz CT molecular complexity index is 588. The minimum Gasteiger partial charge on any atom is -0.262 e. The molecule has 0 radical (unpaired) electrons. The molecule has 2 aromatic rings. The van der Waals surface area contributed by atoms with E-state index in [0.717, 1.165) is 11.9 Å². The van der Waals surface area contributed by atoms with E-state index in [9.17, 15) is 10.1 Å². The van der Waals surface area contributed by atoms with Crippen LogP contribution in [0.5, 0.6) is 0 Å². The Morgan fingerprint density at radius 2 is 2.18 bits per heavy atom. The molecule has 86 valence electrons. The molecule has 0 spiro atoms. The fourth-order valence-electron chi connectivity index (χ4n) is 1.39. The van der Waals surface area contributed by atoms with Gasteiger partial charge >= 0.3 is 5.69 Å². The molecule has 0 aliphatic rings. The Morgan fingerprint density at radius 3 is 2.82 bits per heavy atom. The lowest BCUT2D eigenvalue weighted by Crippen LogP contribution is -1.97. The summed E-state index contributed by atoms with van der Waals surface area (Å²) in [5.41, 5.74) is 1.35. The van der Waals surface area contributed by atoms with Crippen molar-refractivity contribution in [1.29, 1.82) is 0 Å². The molecular weight excluding hydrogens is 244 g/mol. The number of aromatic nitrogens is 3. The van der Waals surface area contributed by atoms with Gasteiger partial charge in [0, 0.05) is 17.5 Å². The Balaban J connectivity index is 2.65. The van der Waals surface area contributed by atoms with E-state index in [1.54, 1.807) is 25.3 Å². The van der Waals surface area contributed by atoms with Gasteiger partial charge in [-0.1, -0.05) is 0 Å². The lowest BCUT2D eigenvalue weighted by atomic mass is 10.1. The second-order valence-corrected chi connectivity index (χ2v) is 3.65. The third kappa shape index (κ3) is 2.36. The molecular formula is C10H7ClN4O2. The number of nitrogens with zero attached hydrogens (tertiary/aromatic N) is 4. The number of aryl methyl sites for hydroxylation is 1. The summed E-state index contributed by atoms with van der Waals surface area (Å²) >= 11 is 5.65. The summed E-state index contributed by atoms with van der Waals surface area (Å²) < 4.78 is 0. The maximum atomic E-state index is 10.9. The molecule has 0 aliphatic carbocycles. The molecule has 2 heterocycles. The summed E-state index contributed by atoms with van der Waals surface area (Å²) in [7, 11) is 0. The van der Waals surface area contributed by atoms with E-state index in [0.29, 0.717) is 5.56 Å². The molecule has 0 amide bonds. The van der Waals surface area contributed by atoms with E-state index >= 15 is 0 Å². The highest BCUT2D eigenvalue weighted by molar-refractivity contribution is 6.28. The quantitative estimate of drug-likeness (QED) is 0.464. The number of hydrogen-bond donors (Lipinski definition) is 0. The van der Waals surface area contributed by atoms with Gasteiger partial charge in [0.2, 0.25) is 5.28 Å². The largest absolute Gasteiger partial charge is 0.313 e. The molecule has 17 heavy (non-hydrogen) atoms. The van der Waals surface area contributed by atoms with Crippen LogP contribution in [0.4, 0.5) is 5.69 Å². The van der Waals surface area contributed by atoms with Crippen LogP contribution in [0, 0.1) is 17.0 Å². The first kappa shape index (κ1) is 11.4. The lowest BCUT2D eigenvalue weighted by molar-refractivity contribution is -0.384. The van der Waals surface area contributed by atoms with Crippen molar-refractivity contribution in [3.8, 4) is 11.3 Å². The Kier molecular flexibility index (Phi) is 2.97. The third-order valence-electron chi connectivity index (χ3n) is 2.11. The van der Waals surface area contributed by atoms with Gasteiger partial charge in [0.1, 0.15) is 6.20 Å². The van der Waals surface area contributed by atoms with E-state index in [1.807, 2.05) is 0 Å². The summed E-state index contributed by atoms with van der Waals surface area (Å²) in [6.45, 7) is 1.79. The van der Waals surface area contributed by atoms with Gasteiger partial charge in [-0.15, -0.1) is 0 Å². The minimum atomic E-state index is -0.540. The summed E-state index contributed by atoms with van der Waals surface area (Å²) in [5, 5.41) is 10.8. The van der Waals surface area contributed by atoms with Crippen LogP contribution in [0.2, 0.25) is 5.28 Å². The predicted octanol–water partition coefficient (Wildman–Crippen LogP) is 2.41. The first-order valence-corrected chi connectivity index (χ1v) is 5.05. The van der Waals surface area contributed by atoms with Gasteiger partial charge < -0.3 is 0 Å². The molecule has 7 heteroatoms. The number of halogens is 1. The van der Waals surface area contributed by atoms with Gasteiger partial charge in [-0.3, -0.25) is 15.1 Å². The summed E-state index contributed by atoms with van der Waals surface area (Å²) in [5.74, 6) is 0. The van der Waals surface area contributed by atoms with Crippen molar-refractivity contribution in [1.82, 2.24) is 15.0 Å². The summed E-state index contributed by atoms with van der Waals surface area (Å²) in [4.78, 5) is 21.8. The van der Waals surface area contributed by atoms with Gasteiger partial charge in [-0.05, 0) is 30.7 Å². The maximum Gasteiger partial charge on any atom is 0.313 e. The van der Waals surface area contributed by atoms with E-state index in [1.165, 1.54) is 0 Å². The Hall–Kier alpha value is -2.08. The van der Waals surface area contributed by atoms with Gasteiger partial charge in [-0.2, -0.15) is 0 Å². The number of rotatable bonds is 2. The highest BCUT2D eigenvalue weighted by Gasteiger charge is 2.18. The van der Waals surface area contributed by atoms with Gasteiger partial charge in [0.15, 0.2) is 5.69 Å². The van der Waals surface area contributed by atoms with Crippen molar-refractivity contribution >= 4 is 17.3 Å². The molecule has 2 aromatic heterocycles. The molecule has 0 unspecified atom stereocenters. The van der Waals surface area contributed by atoms with Crippen LogP contribution in [0.1, 0.15) is 5.69 Å². The SMILES string of the molecule is Cc1cc(-c2nc(Cl)ncc2[N+](=O)[O-])ccn1. The monoisotopic (exact) mass is 250 g/mol. The van der Waals surface area contributed by atoms with Crippen LogP contribution in [-0.2, 0) is 0 Å². The number of hydrogen-bond acceptors (Lipinski definition) is 5. The molecule has 0 saturated heterocycles. The average Bonchev–Trinajstić information content (AvgIpc) is 2.28. The number of nitro groups is 1. The van der Waals surface area contributed by atoms with Crippen LogP contribution in [-0.4, -0.2) is 19.9 Å². The summed E-state index contributed by atoms with van der Waals surface area (Å²) in [6, 6.07) is 3.34. The van der Waals surface area contributed by atoms with Gasteiger partial charge in [-0.25, -0.2) is 9.97 Å². The van der Waals surface area contributed by atoms with Crippen molar-refractivity contribution in [3.63, 3.8) is 0 Å². The molecule has 0 N–H and O–H groups in total. The first-order valence-electron chi connectivity index (χ1n) is 4.68. The fourth-order valence-corrected chi connectivity index (χ4v) is 1.53. The molecule has 0 bridgehead atoms. The van der Waals surface area contributed by atoms with Crippen molar-refractivity contribution in [2.24, 2.45) is 0 Å². The zero-order chi connectivity index (χ0) is 12.4. The smallest absolute Gasteiger partial charge is 0.262 e. The Labute approximate surface area is 101 Å². The van der Waals surface area contributed by atoms with Crippen molar-refractivity contribution in [2.45, 2.75) is 6.92 Å². The molecule has 0 aromatic carbocycles. The van der Waals surface area contributed by atoms with E-state index in [-0.39, 0.29) is 16.7 Å². The second kappa shape index (κ2) is 4.42.